The molecule has 0 saturated carbocycles. The van der Waals surface area contributed by atoms with Gasteiger partial charge in [-0.25, -0.2) is 5.01 Å². The molecule has 1 atom stereocenters. The second kappa shape index (κ2) is 10.7. The standard InChI is InChI=1S/C31H22Cl2N4OS/c32-21-13-11-19(12-14-21)27-18-26(36-37(27)31(39)34-23-9-5-2-6-10-23)29-28(20-7-3-1-4-8-20)24-17-22(33)15-16-25(24)35-30(29)38/h1-17,27H,18H2,(H,34,39)(H,35,38)/t27-/m0/s1. The number of anilines is 1. The van der Waals surface area contributed by atoms with Gasteiger partial charge in [0.25, 0.3) is 5.56 Å². The van der Waals surface area contributed by atoms with Crippen molar-refractivity contribution in [1.82, 2.24) is 9.99 Å². The molecule has 5 aromatic rings. The van der Waals surface area contributed by atoms with Crippen LogP contribution < -0.4 is 10.9 Å². The molecule has 0 saturated heterocycles. The normalized spacial score (nSPS) is 14.9. The first-order chi connectivity index (χ1) is 19.0. The number of thiocarbonyl (C=S) groups is 1. The van der Waals surface area contributed by atoms with Gasteiger partial charge in [-0.15, -0.1) is 0 Å². The summed E-state index contributed by atoms with van der Waals surface area (Å²) in [6.07, 6.45) is 0.466. The van der Waals surface area contributed by atoms with Crippen molar-refractivity contribution in [3.63, 3.8) is 0 Å². The third-order valence-electron chi connectivity index (χ3n) is 6.73. The summed E-state index contributed by atoms with van der Waals surface area (Å²) in [7, 11) is 0. The molecule has 0 bridgehead atoms. The maximum Gasteiger partial charge on any atom is 0.258 e. The van der Waals surface area contributed by atoms with Crippen LogP contribution in [0.15, 0.2) is 113 Å². The monoisotopic (exact) mass is 568 g/mol. The molecule has 39 heavy (non-hydrogen) atoms. The fourth-order valence-electron chi connectivity index (χ4n) is 4.94. The highest BCUT2D eigenvalue weighted by atomic mass is 35.5. The molecule has 0 unspecified atom stereocenters. The zero-order chi connectivity index (χ0) is 26.9. The summed E-state index contributed by atoms with van der Waals surface area (Å²) < 4.78 is 0. The van der Waals surface area contributed by atoms with E-state index in [1.54, 1.807) is 11.1 Å². The Morgan fingerprint density at radius 2 is 1.54 bits per heavy atom. The zero-order valence-electron chi connectivity index (χ0n) is 20.6. The van der Waals surface area contributed by atoms with E-state index in [1.165, 1.54) is 0 Å². The summed E-state index contributed by atoms with van der Waals surface area (Å²) in [5, 5.41) is 12.5. The van der Waals surface area contributed by atoms with E-state index in [9.17, 15) is 4.79 Å². The van der Waals surface area contributed by atoms with Gasteiger partial charge in [0.1, 0.15) is 0 Å². The average molecular weight is 570 g/mol. The lowest BCUT2D eigenvalue weighted by Crippen LogP contribution is -2.31. The van der Waals surface area contributed by atoms with Crippen LogP contribution in [0.2, 0.25) is 10.0 Å². The fraction of sp³-hybridized carbons (Fsp3) is 0.0645. The van der Waals surface area contributed by atoms with Gasteiger partial charge in [0, 0.05) is 38.6 Å². The maximum absolute atomic E-state index is 13.7. The highest BCUT2D eigenvalue weighted by Crippen LogP contribution is 2.38. The molecule has 0 fully saturated rings. The number of hydrogen-bond donors (Lipinski definition) is 2. The van der Waals surface area contributed by atoms with Crippen LogP contribution in [0.25, 0.3) is 22.0 Å². The van der Waals surface area contributed by atoms with Crippen LogP contribution in [-0.2, 0) is 0 Å². The van der Waals surface area contributed by atoms with Crippen LogP contribution in [-0.4, -0.2) is 20.8 Å². The zero-order valence-corrected chi connectivity index (χ0v) is 22.9. The minimum absolute atomic E-state index is 0.221. The van der Waals surface area contributed by atoms with Crippen molar-refractivity contribution in [2.75, 3.05) is 5.32 Å². The topological polar surface area (TPSA) is 60.5 Å². The number of rotatable bonds is 4. The number of nitrogens with zero attached hydrogens (tertiary/aromatic N) is 2. The third-order valence-corrected chi connectivity index (χ3v) is 7.50. The van der Waals surface area contributed by atoms with Crippen molar-refractivity contribution < 1.29 is 0 Å². The molecule has 192 valence electrons. The van der Waals surface area contributed by atoms with Gasteiger partial charge in [-0.05, 0) is 65.8 Å². The molecule has 1 aliphatic rings. The Morgan fingerprint density at radius 3 is 2.26 bits per heavy atom. The lowest BCUT2D eigenvalue weighted by atomic mass is 9.91. The number of para-hydroxylation sites is 1. The van der Waals surface area contributed by atoms with E-state index in [4.69, 9.17) is 40.5 Å². The number of H-pyrrole nitrogens is 1. The van der Waals surface area contributed by atoms with Gasteiger partial charge in [-0.2, -0.15) is 5.10 Å². The van der Waals surface area contributed by atoms with Gasteiger partial charge in [0.05, 0.1) is 17.3 Å². The largest absolute Gasteiger partial charge is 0.331 e. The Morgan fingerprint density at radius 1 is 0.872 bits per heavy atom. The molecule has 0 spiro atoms. The van der Waals surface area contributed by atoms with Gasteiger partial charge < -0.3 is 10.3 Å². The molecule has 0 radical (unpaired) electrons. The van der Waals surface area contributed by atoms with E-state index >= 15 is 0 Å². The number of fused-ring (bicyclic) bond motifs is 1. The number of halogens is 2. The molecule has 2 heterocycles. The number of aromatic amines is 1. The van der Waals surface area contributed by atoms with Gasteiger partial charge >= 0.3 is 0 Å². The van der Waals surface area contributed by atoms with E-state index in [1.807, 2.05) is 97.1 Å². The molecule has 2 N–H and O–H groups in total. The smallest absolute Gasteiger partial charge is 0.258 e. The second-order valence-corrected chi connectivity index (χ2v) is 10.5. The Hall–Kier alpha value is -3.97. The molecule has 4 aromatic carbocycles. The van der Waals surface area contributed by atoms with Gasteiger partial charge in [0.15, 0.2) is 5.11 Å². The van der Waals surface area contributed by atoms with Crippen LogP contribution in [0.3, 0.4) is 0 Å². The summed E-state index contributed by atoms with van der Waals surface area (Å²) in [4.78, 5) is 16.7. The molecule has 1 aliphatic heterocycles. The van der Waals surface area contributed by atoms with E-state index in [2.05, 4.69) is 10.3 Å². The van der Waals surface area contributed by atoms with Gasteiger partial charge in [-0.3, -0.25) is 4.79 Å². The number of benzene rings is 4. The van der Waals surface area contributed by atoms with Crippen molar-refractivity contribution in [2.24, 2.45) is 5.10 Å². The second-order valence-electron chi connectivity index (χ2n) is 9.22. The quantitative estimate of drug-likeness (QED) is 0.215. The number of nitrogens with one attached hydrogen (secondary N) is 2. The van der Waals surface area contributed by atoms with E-state index < -0.39 is 0 Å². The molecule has 6 rings (SSSR count). The van der Waals surface area contributed by atoms with E-state index in [0.717, 1.165) is 27.8 Å². The SMILES string of the molecule is O=c1[nH]c2ccc(Cl)cc2c(-c2ccccc2)c1C1=NN(C(=S)Nc2ccccc2)[C@H](c2ccc(Cl)cc2)C1. The summed E-state index contributed by atoms with van der Waals surface area (Å²) >= 11 is 18.4. The molecular weight excluding hydrogens is 547 g/mol. The third kappa shape index (κ3) is 5.06. The lowest BCUT2D eigenvalue weighted by Gasteiger charge is -2.25. The highest BCUT2D eigenvalue weighted by Gasteiger charge is 2.34. The first kappa shape index (κ1) is 25.3. The molecule has 8 heteroatoms. The first-order valence-corrected chi connectivity index (χ1v) is 13.5. The van der Waals surface area contributed by atoms with Crippen molar-refractivity contribution in [1.29, 1.82) is 0 Å². The minimum atomic E-state index is -0.237. The Labute approximate surface area is 240 Å². The predicted molar refractivity (Wildman–Crippen MR) is 165 cm³/mol. The van der Waals surface area contributed by atoms with Gasteiger partial charge in [0.2, 0.25) is 0 Å². The van der Waals surface area contributed by atoms with Crippen LogP contribution in [0.5, 0.6) is 0 Å². The van der Waals surface area contributed by atoms with Gasteiger partial charge in [-0.1, -0.05) is 83.9 Å². The van der Waals surface area contributed by atoms with Crippen LogP contribution in [0.1, 0.15) is 23.6 Å². The van der Waals surface area contributed by atoms with E-state index in [-0.39, 0.29) is 11.6 Å². The van der Waals surface area contributed by atoms with Crippen LogP contribution in [0.4, 0.5) is 5.69 Å². The molecule has 1 aromatic heterocycles. The highest BCUT2D eigenvalue weighted by molar-refractivity contribution is 7.80. The number of hydrogen-bond acceptors (Lipinski definition) is 3. The number of hydrazone groups is 1. The predicted octanol–water partition coefficient (Wildman–Crippen LogP) is 8.05. The van der Waals surface area contributed by atoms with Crippen molar-refractivity contribution in [2.45, 2.75) is 12.5 Å². The molecule has 5 nitrogen and oxygen atoms in total. The summed E-state index contributed by atoms with van der Waals surface area (Å²) in [5.41, 5.74) is 5.14. The Bertz CT molecular complexity index is 1770. The summed E-state index contributed by atoms with van der Waals surface area (Å²) in [6, 6.07) is 32.4. The summed E-state index contributed by atoms with van der Waals surface area (Å²) in [5.74, 6) is 0. The maximum atomic E-state index is 13.7. The number of aromatic nitrogens is 1. The minimum Gasteiger partial charge on any atom is -0.331 e. The Kier molecular flexibility index (Phi) is 6.92. The molecule has 0 amide bonds. The average Bonchev–Trinajstić information content (AvgIpc) is 3.39. The lowest BCUT2D eigenvalue weighted by molar-refractivity contribution is 0.375. The van der Waals surface area contributed by atoms with Crippen molar-refractivity contribution in [3.8, 4) is 11.1 Å². The summed E-state index contributed by atoms with van der Waals surface area (Å²) in [6.45, 7) is 0. The van der Waals surface area contributed by atoms with Crippen molar-refractivity contribution in [3.05, 3.63) is 135 Å². The molecule has 0 aliphatic carbocycles. The van der Waals surface area contributed by atoms with Crippen molar-refractivity contribution >= 4 is 62.8 Å². The van der Waals surface area contributed by atoms with Crippen LogP contribution >= 0.6 is 35.4 Å². The van der Waals surface area contributed by atoms with E-state index in [0.29, 0.717) is 38.4 Å². The van der Waals surface area contributed by atoms with Crippen LogP contribution in [0, 0.1) is 0 Å². The molecular formula is C31H22Cl2N4OS. The first-order valence-electron chi connectivity index (χ1n) is 12.4. The fourth-order valence-corrected chi connectivity index (χ4v) is 5.52. The Balaban J connectivity index is 1.52. The number of pyridine rings is 1.